The lowest BCUT2D eigenvalue weighted by atomic mass is 10.1. The van der Waals surface area contributed by atoms with E-state index < -0.39 is 32.5 Å². The number of nitrogens with two attached hydrogens (primary N) is 1. The Hall–Kier alpha value is -3.37. The molecule has 0 amide bonds. The van der Waals surface area contributed by atoms with E-state index in [0.29, 0.717) is 25.0 Å². The Morgan fingerprint density at radius 3 is 1.66 bits per heavy atom. The van der Waals surface area contributed by atoms with Crippen LogP contribution in [-0.4, -0.2) is 61.5 Å². The smallest absolute Gasteiger partial charge is 0.462 e. The lowest BCUT2D eigenvalue weighted by molar-refractivity contribution is -0.161. The molecule has 0 radical (unpaired) electrons. The van der Waals surface area contributed by atoms with Gasteiger partial charge >= 0.3 is 19.8 Å². The zero-order valence-electron chi connectivity index (χ0n) is 34.0. The van der Waals surface area contributed by atoms with E-state index in [0.717, 1.165) is 77.0 Å². The van der Waals surface area contributed by atoms with Crippen molar-refractivity contribution in [2.75, 3.05) is 26.4 Å². The van der Waals surface area contributed by atoms with E-state index in [1.54, 1.807) is 0 Å². The average Bonchev–Trinajstić information content (AvgIpc) is 3.94. The molecule has 10 nitrogen and oxygen atoms in total. The van der Waals surface area contributed by atoms with Gasteiger partial charge in [-0.25, -0.2) is 4.57 Å². The van der Waals surface area contributed by atoms with Crippen molar-refractivity contribution in [2.24, 2.45) is 5.73 Å². The number of epoxide rings is 1. The van der Waals surface area contributed by atoms with Crippen molar-refractivity contribution in [3.8, 4) is 0 Å². The molecule has 0 aromatic carbocycles. The fourth-order valence-electron chi connectivity index (χ4n) is 4.98. The van der Waals surface area contributed by atoms with E-state index in [-0.39, 0.29) is 32.6 Å². The quantitative estimate of drug-likeness (QED) is 0.0209. The van der Waals surface area contributed by atoms with Gasteiger partial charge in [0.1, 0.15) is 6.61 Å². The van der Waals surface area contributed by atoms with Gasteiger partial charge in [-0.2, -0.15) is 0 Å². The van der Waals surface area contributed by atoms with Crippen molar-refractivity contribution in [3.05, 3.63) is 109 Å². The maximum absolute atomic E-state index is 12.5. The molecule has 0 aromatic heterocycles. The number of phosphoric acid groups is 1. The zero-order valence-corrected chi connectivity index (χ0v) is 34.9. The molecule has 3 unspecified atom stereocenters. The summed E-state index contributed by atoms with van der Waals surface area (Å²) in [4.78, 5) is 34.8. The Labute approximate surface area is 337 Å². The van der Waals surface area contributed by atoms with Crippen LogP contribution >= 0.6 is 7.82 Å². The Kier molecular flexibility index (Phi) is 32.6. The minimum absolute atomic E-state index is 0.0276. The number of ether oxygens (including phenoxy) is 3. The Morgan fingerprint density at radius 1 is 0.625 bits per heavy atom. The van der Waals surface area contributed by atoms with E-state index in [9.17, 15) is 19.0 Å². The van der Waals surface area contributed by atoms with Gasteiger partial charge in [0.2, 0.25) is 0 Å². The van der Waals surface area contributed by atoms with Gasteiger partial charge in [-0.05, 0) is 89.9 Å². The first-order valence-corrected chi connectivity index (χ1v) is 22.0. The second-order valence-electron chi connectivity index (χ2n) is 13.1. The van der Waals surface area contributed by atoms with Gasteiger partial charge in [-0.1, -0.05) is 123 Å². The summed E-state index contributed by atoms with van der Waals surface area (Å²) in [6.07, 6.45) is 50.4. The number of esters is 2. The number of rotatable bonds is 35. The number of unbranched alkanes of at least 4 members (excludes halogenated alkanes) is 2. The summed E-state index contributed by atoms with van der Waals surface area (Å²) in [5, 5.41) is 0. The van der Waals surface area contributed by atoms with E-state index >= 15 is 0 Å². The Balaban J connectivity index is 2.29. The lowest BCUT2D eigenvalue weighted by Gasteiger charge is -2.19. The number of hydrogen-bond donors (Lipinski definition) is 2. The van der Waals surface area contributed by atoms with Crippen molar-refractivity contribution in [1.29, 1.82) is 0 Å². The normalized spacial score (nSPS) is 18.1. The molecule has 0 spiro atoms. The number of allylic oxidation sites excluding steroid dienone is 16. The minimum atomic E-state index is -4.42. The first kappa shape index (κ1) is 50.6. The van der Waals surface area contributed by atoms with Crippen LogP contribution in [0.2, 0.25) is 0 Å². The SMILES string of the molecule is CC/C=C\C/C=C\C/C=C\C/C=C\CCCCC(=O)OC[C@H](COP(=O)(O)OCCN)OC(=O)CC/C=C\C/C=C\C/C=C\C/C=C\CC1OC1C/C=C\CC. The maximum Gasteiger partial charge on any atom is 0.472 e. The van der Waals surface area contributed by atoms with Gasteiger partial charge in [-0.3, -0.25) is 18.6 Å². The molecule has 11 heteroatoms. The fourth-order valence-corrected chi connectivity index (χ4v) is 5.75. The number of hydrogen-bond acceptors (Lipinski definition) is 9. The number of phosphoric ester groups is 1. The van der Waals surface area contributed by atoms with Gasteiger partial charge in [0.25, 0.3) is 0 Å². The zero-order chi connectivity index (χ0) is 40.8. The summed E-state index contributed by atoms with van der Waals surface area (Å²) < 4.78 is 38.3. The van der Waals surface area contributed by atoms with Crippen LogP contribution in [0.15, 0.2) is 109 Å². The van der Waals surface area contributed by atoms with E-state index in [1.165, 1.54) is 0 Å². The predicted octanol–water partition coefficient (Wildman–Crippen LogP) is 10.6. The third-order valence-corrected chi connectivity index (χ3v) is 9.05. The number of carbonyl (C=O) groups excluding carboxylic acids is 2. The topological polar surface area (TPSA) is 147 Å². The van der Waals surface area contributed by atoms with Crippen LogP contribution in [-0.2, 0) is 37.4 Å². The van der Waals surface area contributed by atoms with Crippen LogP contribution in [0, 0.1) is 0 Å². The van der Waals surface area contributed by atoms with Gasteiger partial charge in [0, 0.05) is 19.4 Å². The predicted molar refractivity (Wildman–Crippen MR) is 228 cm³/mol. The minimum Gasteiger partial charge on any atom is -0.462 e. The monoisotopic (exact) mass is 799 g/mol. The average molecular weight is 800 g/mol. The maximum atomic E-state index is 12.5. The van der Waals surface area contributed by atoms with Crippen LogP contribution in [0.3, 0.4) is 0 Å². The van der Waals surface area contributed by atoms with Crippen LogP contribution in [0.1, 0.15) is 117 Å². The van der Waals surface area contributed by atoms with E-state index in [4.69, 9.17) is 29.0 Å². The highest BCUT2D eigenvalue weighted by Crippen LogP contribution is 2.43. The summed E-state index contributed by atoms with van der Waals surface area (Å²) in [6, 6.07) is 0. The van der Waals surface area contributed by atoms with Gasteiger partial charge < -0.3 is 24.8 Å². The molecule has 0 aliphatic carbocycles. The fraction of sp³-hybridized carbons (Fsp3) is 0.556. The van der Waals surface area contributed by atoms with Crippen molar-refractivity contribution < 1.29 is 42.3 Å². The van der Waals surface area contributed by atoms with Gasteiger partial charge in [0.05, 0.1) is 25.4 Å². The van der Waals surface area contributed by atoms with Crippen molar-refractivity contribution in [1.82, 2.24) is 0 Å². The molecular formula is C45H70NO9P. The summed E-state index contributed by atoms with van der Waals surface area (Å²) in [6.45, 7) is 3.32. The molecule has 1 rings (SSSR count). The highest BCUT2D eigenvalue weighted by Gasteiger charge is 2.36. The van der Waals surface area contributed by atoms with Crippen LogP contribution in [0.5, 0.6) is 0 Å². The summed E-state index contributed by atoms with van der Waals surface area (Å²) in [5.41, 5.74) is 5.33. The summed E-state index contributed by atoms with van der Waals surface area (Å²) in [7, 11) is -4.42. The molecule has 0 saturated carbocycles. The largest absolute Gasteiger partial charge is 0.472 e. The molecule has 314 valence electrons. The van der Waals surface area contributed by atoms with Gasteiger partial charge in [0.15, 0.2) is 6.10 Å². The summed E-state index contributed by atoms with van der Waals surface area (Å²) >= 11 is 0. The third kappa shape index (κ3) is 32.8. The van der Waals surface area contributed by atoms with E-state index in [1.807, 2.05) is 12.2 Å². The molecule has 1 fully saturated rings. The summed E-state index contributed by atoms with van der Waals surface area (Å²) in [5.74, 6) is -0.994. The highest BCUT2D eigenvalue weighted by molar-refractivity contribution is 7.47. The lowest BCUT2D eigenvalue weighted by Crippen LogP contribution is -2.29. The molecule has 0 aromatic rings. The standard InChI is InChI=1S/C45H70NO9P/c1-3-5-7-8-9-10-11-12-13-14-18-21-24-27-31-35-44(47)51-39-41(40-53-56(49,50)52-38-37-46)54-45(48)36-32-28-25-22-19-16-15-17-20-23-26-30-34-43-42(55-43)33-29-6-4-2/h5-7,9-10,12-13,16-21,25-26,28-30,41-43H,3-4,8,11,14-15,22-24,27,31-40,46H2,1-2H3,(H,49,50)/b7-5-,10-9-,13-12-,19-16-,20-17-,21-18-,28-25-,29-6-,30-26-/t41-,42?,43?/m1/s1. The molecular weight excluding hydrogens is 729 g/mol. The first-order chi connectivity index (χ1) is 27.3. The molecule has 0 bridgehead atoms. The van der Waals surface area contributed by atoms with E-state index in [2.05, 4.69) is 111 Å². The second-order valence-corrected chi connectivity index (χ2v) is 14.6. The molecule has 1 saturated heterocycles. The first-order valence-electron chi connectivity index (χ1n) is 20.5. The van der Waals surface area contributed by atoms with Crippen LogP contribution in [0.4, 0.5) is 0 Å². The Bertz CT molecular complexity index is 1340. The Morgan fingerprint density at radius 2 is 1.11 bits per heavy atom. The second kappa shape index (κ2) is 36.0. The van der Waals surface area contributed by atoms with Crippen LogP contribution < -0.4 is 5.73 Å². The molecule has 3 N–H and O–H groups in total. The molecule has 1 heterocycles. The highest BCUT2D eigenvalue weighted by atomic mass is 31.2. The number of carbonyl (C=O) groups is 2. The van der Waals surface area contributed by atoms with Gasteiger partial charge in [-0.15, -0.1) is 0 Å². The molecule has 56 heavy (non-hydrogen) atoms. The van der Waals surface area contributed by atoms with Crippen molar-refractivity contribution >= 4 is 19.8 Å². The molecule has 1 aliphatic rings. The molecule has 1 aliphatic heterocycles. The van der Waals surface area contributed by atoms with Crippen molar-refractivity contribution in [2.45, 2.75) is 135 Å². The van der Waals surface area contributed by atoms with Crippen molar-refractivity contribution in [3.63, 3.8) is 0 Å². The molecule has 4 atom stereocenters. The third-order valence-electron chi connectivity index (χ3n) is 8.07. The van der Waals surface area contributed by atoms with Crippen LogP contribution in [0.25, 0.3) is 0 Å².